The third kappa shape index (κ3) is 6.66. The topological polar surface area (TPSA) is 90.7 Å². The van der Waals surface area contributed by atoms with Gasteiger partial charge < -0.3 is 20.5 Å². The van der Waals surface area contributed by atoms with Crippen LogP contribution in [0, 0.1) is 6.92 Å². The van der Waals surface area contributed by atoms with Gasteiger partial charge in [-0.2, -0.15) is 0 Å². The third-order valence-corrected chi connectivity index (χ3v) is 3.99. The van der Waals surface area contributed by atoms with Gasteiger partial charge in [0.05, 0.1) is 13.0 Å². The minimum absolute atomic E-state index is 0.0702. The second-order valence-electron chi connectivity index (χ2n) is 6.61. The molecule has 0 atom stereocenters. The molecule has 0 saturated heterocycles. The highest BCUT2D eigenvalue weighted by Crippen LogP contribution is 2.24. The molecule has 144 valence electrons. The Labute approximate surface area is 159 Å². The highest BCUT2D eigenvalue weighted by atomic mass is 16.5. The Balaban J connectivity index is 1.85. The molecule has 0 aliphatic carbocycles. The van der Waals surface area contributed by atoms with Gasteiger partial charge in [-0.15, -0.1) is 0 Å². The van der Waals surface area contributed by atoms with Crippen LogP contribution in [0.5, 0.6) is 11.5 Å². The maximum Gasteiger partial charge on any atom is 0.262 e. The van der Waals surface area contributed by atoms with Gasteiger partial charge in [0, 0.05) is 5.69 Å². The second-order valence-corrected chi connectivity index (χ2v) is 6.61. The number of nitrogens with one attached hydrogen (secondary N) is 1. The molecule has 2 aromatic rings. The second kappa shape index (κ2) is 9.62. The number of amides is 2. The molecule has 27 heavy (non-hydrogen) atoms. The Hall–Kier alpha value is -3.02. The van der Waals surface area contributed by atoms with Gasteiger partial charge in [-0.1, -0.05) is 26.0 Å². The van der Waals surface area contributed by atoms with E-state index >= 15 is 0 Å². The molecular weight excluding hydrogens is 344 g/mol. The van der Waals surface area contributed by atoms with Crippen molar-refractivity contribution in [3.63, 3.8) is 0 Å². The van der Waals surface area contributed by atoms with E-state index in [1.54, 1.807) is 24.3 Å². The molecule has 0 fully saturated rings. The number of carbonyl (C=O) groups excluding carboxylic acids is 2. The summed E-state index contributed by atoms with van der Waals surface area (Å²) < 4.78 is 11.1. The number of benzene rings is 2. The van der Waals surface area contributed by atoms with E-state index in [1.165, 1.54) is 5.56 Å². The maximum absolute atomic E-state index is 12.1. The Morgan fingerprint density at radius 3 is 2.41 bits per heavy atom. The lowest BCUT2D eigenvalue weighted by Crippen LogP contribution is -2.20. The highest BCUT2D eigenvalue weighted by Gasteiger charge is 2.08. The van der Waals surface area contributed by atoms with Crippen LogP contribution in [0.2, 0.25) is 0 Å². The summed E-state index contributed by atoms with van der Waals surface area (Å²) in [5, 5.41) is 2.78. The molecule has 0 unspecified atom stereocenters. The number of hydrogen-bond acceptors (Lipinski definition) is 4. The van der Waals surface area contributed by atoms with Gasteiger partial charge in [-0.25, -0.2) is 0 Å². The Bertz CT molecular complexity index is 785. The molecule has 0 radical (unpaired) electrons. The van der Waals surface area contributed by atoms with Crippen LogP contribution >= 0.6 is 0 Å². The van der Waals surface area contributed by atoms with Gasteiger partial charge in [0.15, 0.2) is 6.61 Å². The van der Waals surface area contributed by atoms with Gasteiger partial charge in [0.2, 0.25) is 5.91 Å². The minimum Gasteiger partial charge on any atom is -0.493 e. The van der Waals surface area contributed by atoms with Crippen molar-refractivity contribution >= 4 is 17.5 Å². The van der Waals surface area contributed by atoms with Crippen molar-refractivity contribution in [2.45, 2.75) is 33.1 Å². The van der Waals surface area contributed by atoms with Crippen LogP contribution in [0.1, 0.15) is 37.3 Å². The fourth-order valence-corrected chi connectivity index (χ4v) is 2.38. The van der Waals surface area contributed by atoms with E-state index in [1.807, 2.05) is 19.1 Å². The van der Waals surface area contributed by atoms with Crippen molar-refractivity contribution in [3.05, 3.63) is 53.6 Å². The number of nitrogens with two attached hydrogens (primary N) is 1. The van der Waals surface area contributed by atoms with Gasteiger partial charge in [-0.3, -0.25) is 9.59 Å². The molecule has 2 aromatic carbocycles. The average Bonchev–Trinajstić information content (AvgIpc) is 2.62. The van der Waals surface area contributed by atoms with Crippen molar-refractivity contribution in [2.75, 3.05) is 18.5 Å². The lowest BCUT2D eigenvalue weighted by atomic mass is 10.0. The standard InChI is InChI=1S/C21H26N2O4/c1-14(2)16-5-4-15(3)19(12-16)27-13-21(25)23-17-6-8-18(9-7-17)26-11-10-20(22)24/h4-9,12,14H,10-11,13H2,1-3H3,(H2,22,24)(H,23,25). The van der Waals surface area contributed by atoms with E-state index in [4.69, 9.17) is 15.2 Å². The largest absolute Gasteiger partial charge is 0.493 e. The highest BCUT2D eigenvalue weighted by molar-refractivity contribution is 5.91. The number of aryl methyl sites for hydroxylation is 1. The molecule has 0 aliphatic heterocycles. The van der Waals surface area contributed by atoms with Crippen molar-refractivity contribution < 1.29 is 19.1 Å². The zero-order chi connectivity index (χ0) is 19.8. The molecule has 3 N–H and O–H groups in total. The monoisotopic (exact) mass is 370 g/mol. The minimum atomic E-state index is -0.409. The van der Waals surface area contributed by atoms with Crippen LogP contribution in [0.4, 0.5) is 5.69 Å². The summed E-state index contributed by atoms with van der Waals surface area (Å²) in [6, 6.07) is 12.9. The molecular formula is C21H26N2O4. The normalized spacial score (nSPS) is 10.5. The van der Waals surface area contributed by atoms with Gasteiger partial charge in [0.1, 0.15) is 11.5 Å². The molecule has 0 aliphatic rings. The fraction of sp³-hybridized carbons (Fsp3) is 0.333. The molecule has 0 bridgehead atoms. The number of carbonyl (C=O) groups is 2. The summed E-state index contributed by atoms with van der Waals surface area (Å²) in [5.41, 5.74) is 7.86. The summed E-state index contributed by atoms with van der Waals surface area (Å²) in [5.74, 6) is 1.06. The number of hydrogen-bond donors (Lipinski definition) is 2. The molecule has 6 nitrogen and oxygen atoms in total. The summed E-state index contributed by atoms with van der Waals surface area (Å²) >= 11 is 0. The summed E-state index contributed by atoms with van der Waals surface area (Å²) in [6.45, 7) is 6.34. The molecule has 6 heteroatoms. The number of primary amides is 1. The zero-order valence-electron chi connectivity index (χ0n) is 16.0. The predicted octanol–water partition coefficient (Wildman–Crippen LogP) is 3.39. The van der Waals surface area contributed by atoms with Crippen molar-refractivity contribution in [1.29, 1.82) is 0 Å². The molecule has 0 saturated carbocycles. The van der Waals surface area contributed by atoms with Crippen molar-refractivity contribution in [1.82, 2.24) is 0 Å². The van der Waals surface area contributed by atoms with E-state index in [9.17, 15) is 9.59 Å². The fourth-order valence-electron chi connectivity index (χ4n) is 2.38. The molecule has 2 amide bonds. The number of rotatable bonds is 9. The quantitative estimate of drug-likeness (QED) is 0.708. The van der Waals surface area contributed by atoms with E-state index in [2.05, 4.69) is 25.2 Å². The van der Waals surface area contributed by atoms with Crippen LogP contribution < -0.4 is 20.5 Å². The van der Waals surface area contributed by atoms with Crippen LogP contribution in [-0.2, 0) is 9.59 Å². The van der Waals surface area contributed by atoms with E-state index in [-0.39, 0.29) is 25.5 Å². The first-order valence-electron chi connectivity index (χ1n) is 8.89. The maximum atomic E-state index is 12.1. The lowest BCUT2D eigenvalue weighted by molar-refractivity contribution is -0.119. The van der Waals surface area contributed by atoms with E-state index in [0.717, 1.165) is 11.3 Å². The number of anilines is 1. The van der Waals surface area contributed by atoms with E-state index in [0.29, 0.717) is 17.4 Å². The smallest absolute Gasteiger partial charge is 0.262 e. The Morgan fingerprint density at radius 2 is 1.78 bits per heavy atom. The molecule has 0 spiro atoms. The first-order chi connectivity index (χ1) is 12.8. The summed E-state index contributed by atoms with van der Waals surface area (Å²) in [7, 11) is 0. The van der Waals surface area contributed by atoms with Crippen LogP contribution in [-0.4, -0.2) is 25.0 Å². The summed E-state index contributed by atoms with van der Waals surface area (Å²) in [6.07, 6.45) is 0.160. The van der Waals surface area contributed by atoms with E-state index < -0.39 is 5.91 Å². The molecule has 2 rings (SSSR count). The first kappa shape index (κ1) is 20.3. The van der Waals surface area contributed by atoms with Gasteiger partial charge in [-0.05, 0) is 54.3 Å². The SMILES string of the molecule is Cc1ccc(C(C)C)cc1OCC(=O)Nc1ccc(OCCC(N)=O)cc1. The Morgan fingerprint density at radius 1 is 1.07 bits per heavy atom. The summed E-state index contributed by atoms with van der Waals surface area (Å²) in [4.78, 5) is 22.8. The van der Waals surface area contributed by atoms with Crippen LogP contribution in [0.25, 0.3) is 0 Å². The Kier molecular flexibility index (Phi) is 7.23. The predicted molar refractivity (Wildman–Crippen MR) is 105 cm³/mol. The lowest BCUT2D eigenvalue weighted by Gasteiger charge is -2.13. The molecule has 0 aromatic heterocycles. The van der Waals surface area contributed by atoms with Crippen LogP contribution in [0.3, 0.4) is 0 Å². The first-order valence-corrected chi connectivity index (χ1v) is 8.89. The van der Waals surface area contributed by atoms with Crippen molar-refractivity contribution in [3.8, 4) is 11.5 Å². The van der Waals surface area contributed by atoms with Gasteiger partial charge in [0.25, 0.3) is 5.91 Å². The molecule has 0 heterocycles. The van der Waals surface area contributed by atoms with Crippen molar-refractivity contribution in [2.24, 2.45) is 5.73 Å². The van der Waals surface area contributed by atoms with Gasteiger partial charge >= 0.3 is 0 Å². The van der Waals surface area contributed by atoms with Crippen LogP contribution in [0.15, 0.2) is 42.5 Å². The zero-order valence-corrected chi connectivity index (χ0v) is 16.0. The average molecular weight is 370 g/mol. The number of ether oxygens (including phenoxy) is 2. The third-order valence-electron chi connectivity index (χ3n) is 3.99.